The Morgan fingerprint density at radius 3 is 2.79 bits per heavy atom. The maximum Gasteiger partial charge on any atom is 0.284 e. The average Bonchev–Trinajstić information content (AvgIpc) is 3.25. The van der Waals surface area contributed by atoms with Gasteiger partial charge in [0.2, 0.25) is 0 Å². The molecule has 2 saturated carbocycles. The number of nitrogens with zero attached hydrogens (tertiary/aromatic N) is 6. The summed E-state index contributed by atoms with van der Waals surface area (Å²) in [5, 5.41) is 10.4. The van der Waals surface area contributed by atoms with E-state index in [2.05, 4.69) is 25.9 Å². The zero-order valence-corrected chi connectivity index (χ0v) is 17.3. The van der Waals surface area contributed by atoms with Gasteiger partial charge in [0.15, 0.2) is 0 Å². The van der Waals surface area contributed by atoms with Crippen molar-refractivity contribution < 1.29 is 8.42 Å². The SMILES string of the molecule is CC(C#N)N(C1CCC1)S(=O)(=O)N1CCN(c2ncnc3[nH]ccc23)CC12CC2. The van der Waals surface area contributed by atoms with E-state index in [1.54, 1.807) is 17.6 Å². The third-order valence-electron chi connectivity index (χ3n) is 6.59. The molecule has 1 saturated heterocycles. The molecule has 154 valence electrons. The van der Waals surface area contributed by atoms with Gasteiger partial charge in [-0.2, -0.15) is 22.3 Å². The van der Waals surface area contributed by atoms with Crippen LogP contribution in [0.2, 0.25) is 0 Å². The van der Waals surface area contributed by atoms with Crippen LogP contribution in [0.3, 0.4) is 0 Å². The molecule has 3 aliphatic rings. The highest BCUT2D eigenvalue weighted by atomic mass is 32.2. The summed E-state index contributed by atoms with van der Waals surface area (Å²) in [7, 11) is -3.70. The first kappa shape index (κ1) is 18.8. The van der Waals surface area contributed by atoms with Crippen LogP contribution in [0.25, 0.3) is 11.0 Å². The number of rotatable bonds is 5. The van der Waals surface area contributed by atoms with Gasteiger partial charge in [-0.15, -0.1) is 0 Å². The molecule has 1 aliphatic heterocycles. The summed E-state index contributed by atoms with van der Waals surface area (Å²) in [5.41, 5.74) is 0.385. The highest BCUT2D eigenvalue weighted by molar-refractivity contribution is 7.86. The Morgan fingerprint density at radius 2 is 2.14 bits per heavy atom. The monoisotopic (exact) mass is 415 g/mol. The van der Waals surface area contributed by atoms with Crippen LogP contribution in [0.15, 0.2) is 18.6 Å². The Kier molecular flexibility index (Phi) is 4.31. The minimum Gasteiger partial charge on any atom is -0.353 e. The molecule has 0 aromatic carbocycles. The summed E-state index contributed by atoms with van der Waals surface area (Å²) in [5.74, 6) is 0.848. The zero-order chi connectivity index (χ0) is 20.2. The molecule has 3 fully saturated rings. The van der Waals surface area contributed by atoms with Gasteiger partial charge in [-0.05, 0) is 38.7 Å². The molecule has 1 spiro atoms. The molecule has 2 aromatic rings. The zero-order valence-electron chi connectivity index (χ0n) is 16.5. The second kappa shape index (κ2) is 6.65. The lowest BCUT2D eigenvalue weighted by Gasteiger charge is -2.46. The minimum atomic E-state index is -3.70. The van der Waals surface area contributed by atoms with Crippen LogP contribution in [0.4, 0.5) is 5.82 Å². The summed E-state index contributed by atoms with van der Waals surface area (Å²) in [6.07, 6.45) is 7.76. The fraction of sp³-hybridized carbons (Fsp3) is 0.632. The van der Waals surface area contributed by atoms with Gasteiger partial charge in [0.25, 0.3) is 10.2 Å². The molecule has 0 amide bonds. The number of piperazine rings is 1. The van der Waals surface area contributed by atoms with E-state index in [1.165, 1.54) is 4.31 Å². The molecule has 1 unspecified atom stereocenters. The van der Waals surface area contributed by atoms with Gasteiger partial charge in [-0.1, -0.05) is 6.42 Å². The van der Waals surface area contributed by atoms with Crippen LogP contribution < -0.4 is 4.90 Å². The Labute approximate surface area is 170 Å². The largest absolute Gasteiger partial charge is 0.353 e. The van der Waals surface area contributed by atoms with E-state index in [1.807, 2.05) is 12.3 Å². The lowest BCUT2D eigenvalue weighted by atomic mass is 9.92. The third kappa shape index (κ3) is 2.91. The van der Waals surface area contributed by atoms with Gasteiger partial charge in [0, 0.05) is 31.9 Å². The van der Waals surface area contributed by atoms with Gasteiger partial charge >= 0.3 is 0 Å². The van der Waals surface area contributed by atoms with E-state index in [4.69, 9.17) is 0 Å². The fourth-order valence-corrected chi connectivity index (χ4v) is 6.99. The van der Waals surface area contributed by atoms with Crippen molar-refractivity contribution >= 4 is 27.1 Å². The molecular formula is C19H25N7O2S. The Morgan fingerprint density at radius 1 is 1.34 bits per heavy atom. The molecule has 0 bridgehead atoms. The minimum absolute atomic E-state index is 0.0511. The van der Waals surface area contributed by atoms with Crippen molar-refractivity contribution in [1.82, 2.24) is 23.6 Å². The Bertz CT molecular complexity index is 1070. The average molecular weight is 416 g/mol. The number of aromatic nitrogens is 3. The van der Waals surface area contributed by atoms with Crippen molar-refractivity contribution in [1.29, 1.82) is 5.26 Å². The molecular weight excluding hydrogens is 390 g/mol. The number of nitrogens with one attached hydrogen (secondary N) is 1. The van der Waals surface area contributed by atoms with Gasteiger partial charge in [-0.25, -0.2) is 9.97 Å². The van der Waals surface area contributed by atoms with Crippen molar-refractivity contribution in [2.75, 3.05) is 24.5 Å². The van der Waals surface area contributed by atoms with Crippen LogP contribution in [-0.2, 0) is 10.2 Å². The van der Waals surface area contributed by atoms with Crippen molar-refractivity contribution in [3.8, 4) is 6.07 Å². The first-order valence-electron chi connectivity index (χ1n) is 10.2. The number of hydrogen-bond donors (Lipinski definition) is 1. The van der Waals surface area contributed by atoms with Crippen LogP contribution in [0, 0.1) is 11.3 Å². The highest BCUT2D eigenvalue weighted by Crippen LogP contribution is 2.48. The van der Waals surface area contributed by atoms with E-state index in [0.717, 1.165) is 49.0 Å². The topological polar surface area (TPSA) is 109 Å². The summed E-state index contributed by atoms with van der Waals surface area (Å²) in [4.78, 5) is 14.0. The van der Waals surface area contributed by atoms with E-state index in [9.17, 15) is 13.7 Å². The second-order valence-corrected chi connectivity index (χ2v) is 10.1. The number of anilines is 1. The van der Waals surface area contributed by atoms with E-state index < -0.39 is 21.8 Å². The summed E-state index contributed by atoms with van der Waals surface area (Å²) in [6, 6.07) is 3.40. The lowest BCUT2D eigenvalue weighted by Crippen LogP contribution is -2.63. The van der Waals surface area contributed by atoms with Gasteiger partial charge in [0.05, 0.1) is 17.0 Å². The van der Waals surface area contributed by atoms with E-state index in [0.29, 0.717) is 19.6 Å². The lowest BCUT2D eigenvalue weighted by molar-refractivity contribution is 0.171. The molecule has 5 rings (SSSR count). The molecule has 2 aliphatic carbocycles. The Balaban J connectivity index is 1.44. The van der Waals surface area contributed by atoms with E-state index >= 15 is 0 Å². The van der Waals surface area contributed by atoms with Crippen molar-refractivity contribution in [3.05, 3.63) is 18.6 Å². The van der Waals surface area contributed by atoms with Crippen molar-refractivity contribution in [3.63, 3.8) is 0 Å². The molecule has 1 N–H and O–H groups in total. The maximum absolute atomic E-state index is 13.6. The molecule has 10 heteroatoms. The third-order valence-corrected chi connectivity index (χ3v) is 8.87. The van der Waals surface area contributed by atoms with Crippen molar-refractivity contribution in [2.24, 2.45) is 0 Å². The summed E-state index contributed by atoms with van der Waals surface area (Å²) >= 11 is 0. The standard InChI is InChI=1S/C19H25N7O2S/c1-14(11-20)26(15-3-2-4-15)29(27,28)25-10-9-24(12-19(25)6-7-19)18-16-5-8-21-17(16)22-13-23-18/h5,8,13-15H,2-4,6-7,9-10,12H2,1H3,(H,21,22,23). The predicted octanol–water partition coefficient (Wildman–Crippen LogP) is 1.62. The number of fused-ring (bicyclic) bond motifs is 1. The predicted molar refractivity (Wildman–Crippen MR) is 108 cm³/mol. The fourth-order valence-electron chi connectivity index (χ4n) is 4.68. The van der Waals surface area contributed by atoms with Crippen LogP contribution in [0.5, 0.6) is 0 Å². The Hall–Kier alpha value is -2.22. The molecule has 9 nitrogen and oxygen atoms in total. The van der Waals surface area contributed by atoms with Crippen LogP contribution in [0.1, 0.15) is 39.0 Å². The van der Waals surface area contributed by atoms with Crippen LogP contribution >= 0.6 is 0 Å². The first-order valence-corrected chi connectivity index (χ1v) is 11.6. The van der Waals surface area contributed by atoms with Gasteiger partial charge in [-0.3, -0.25) is 0 Å². The molecule has 2 aromatic heterocycles. The van der Waals surface area contributed by atoms with Crippen LogP contribution in [-0.4, -0.2) is 69.2 Å². The van der Waals surface area contributed by atoms with Crippen molar-refractivity contribution in [2.45, 2.75) is 56.7 Å². The number of H-pyrrole nitrogens is 1. The number of nitriles is 1. The molecule has 29 heavy (non-hydrogen) atoms. The summed E-state index contributed by atoms with van der Waals surface area (Å²) < 4.78 is 30.4. The van der Waals surface area contributed by atoms with E-state index in [-0.39, 0.29) is 6.04 Å². The number of hydrogen-bond acceptors (Lipinski definition) is 6. The van der Waals surface area contributed by atoms with Gasteiger partial charge < -0.3 is 9.88 Å². The van der Waals surface area contributed by atoms with Gasteiger partial charge in [0.1, 0.15) is 23.8 Å². The molecule has 1 atom stereocenters. The molecule has 3 heterocycles. The highest BCUT2D eigenvalue weighted by Gasteiger charge is 2.58. The quantitative estimate of drug-likeness (QED) is 0.795. The number of aromatic amines is 1. The first-order chi connectivity index (χ1) is 14.0. The summed E-state index contributed by atoms with van der Waals surface area (Å²) in [6.45, 7) is 3.27. The smallest absolute Gasteiger partial charge is 0.284 e. The molecule has 0 radical (unpaired) electrons. The maximum atomic E-state index is 13.6. The second-order valence-electron chi connectivity index (χ2n) is 8.38. The normalized spacial score (nSPS) is 23.3.